The second kappa shape index (κ2) is 4.37. The predicted molar refractivity (Wildman–Crippen MR) is 67.4 cm³/mol. The zero-order valence-corrected chi connectivity index (χ0v) is 10.6. The molecule has 2 saturated heterocycles. The fourth-order valence-corrected chi connectivity index (χ4v) is 3.61. The van der Waals surface area contributed by atoms with Crippen LogP contribution < -0.4 is 4.90 Å². The van der Waals surface area contributed by atoms with Gasteiger partial charge in [0.2, 0.25) is 11.8 Å². The van der Waals surface area contributed by atoms with E-state index in [0.717, 1.165) is 12.1 Å². The van der Waals surface area contributed by atoms with Crippen LogP contribution in [0.2, 0.25) is 0 Å². The molecule has 0 aliphatic carbocycles. The highest BCUT2D eigenvalue weighted by molar-refractivity contribution is 7.08. The molecule has 0 saturated carbocycles. The fourth-order valence-electron chi connectivity index (χ4n) is 2.98. The standard InChI is InChI=1S/C12H14N2O3S/c15-6-12(17)13-3-1-9-10(13)5-11(16)14(9)8-2-4-18-7-8/h2,4,7,9-10,15H,1,3,5-6H2/t9-,10+/m0/s1. The van der Waals surface area contributed by atoms with Crippen LogP contribution in [0.25, 0.3) is 0 Å². The fraction of sp³-hybridized carbons (Fsp3) is 0.500. The smallest absolute Gasteiger partial charge is 0.248 e. The van der Waals surface area contributed by atoms with E-state index in [-0.39, 0.29) is 23.9 Å². The number of aliphatic hydroxyl groups excluding tert-OH is 1. The van der Waals surface area contributed by atoms with Gasteiger partial charge in [0.15, 0.2) is 0 Å². The van der Waals surface area contributed by atoms with Crippen molar-refractivity contribution in [3.63, 3.8) is 0 Å². The Kier molecular flexibility index (Phi) is 2.83. The zero-order chi connectivity index (χ0) is 12.7. The summed E-state index contributed by atoms with van der Waals surface area (Å²) < 4.78 is 0. The van der Waals surface area contributed by atoms with E-state index in [0.29, 0.717) is 13.0 Å². The highest BCUT2D eigenvalue weighted by atomic mass is 32.1. The summed E-state index contributed by atoms with van der Waals surface area (Å²) in [5, 5.41) is 12.8. The van der Waals surface area contributed by atoms with Gasteiger partial charge in [-0.05, 0) is 17.9 Å². The van der Waals surface area contributed by atoms with Gasteiger partial charge in [-0.25, -0.2) is 0 Å². The van der Waals surface area contributed by atoms with Crippen molar-refractivity contribution < 1.29 is 14.7 Å². The Balaban J connectivity index is 1.86. The third-order valence-corrected chi connectivity index (χ3v) is 4.41. The van der Waals surface area contributed by atoms with Crippen LogP contribution in [0.1, 0.15) is 12.8 Å². The number of hydrogen-bond acceptors (Lipinski definition) is 4. The molecule has 18 heavy (non-hydrogen) atoms. The number of likely N-dealkylation sites (tertiary alicyclic amines) is 1. The molecular formula is C12H14N2O3S. The molecular weight excluding hydrogens is 252 g/mol. The lowest BCUT2D eigenvalue weighted by atomic mass is 10.1. The third kappa shape index (κ3) is 1.64. The molecule has 1 aromatic heterocycles. The van der Waals surface area contributed by atoms with Gasteiger partial charge >= 0.3 is 0 Å². The molecule has 2 fully saturated rings. The Labute approximate surface area is 109 Å². The summed E-state index contributed by atoms with van der Waals surface area (Å²) in [6, 6.07) is 1.93. The highest BCUT2D eigenvalue weighted by Crippen LogP contribution is 2.36. The van der Waals surface area contributed by atoms with Gasteiger partial charge < -0.3 is 14.9 Å². The lowest BCUT2D eigenvalue weighted by Gasteiger charge is -2.24. The number of carbonyl (C=O) groups is 2. The van der Waals surface area contributed by atoms with Crippen LogP contribution in [0, 0.1) is 0 Å². The molecule has 2 amide bonds. The molecule has 2 aliphatic heterocycles. The van der Waals surface area contributed by atoms with Gasteiger partial charge in [-0.2, -0.15) is 11.3 Å². The molecule has 0 spiro atoms. The van der Waals surface area contributed by atoms with Crippen molar-refractivity contribution in [1.82, 2.24) is 4.90 Å². The van der Waals surface area contributed by atoms with Gasteiger partial charge in [0, 0.05) is 18.3 Å². The average molecular weight is 266 g/mol. The number of hydrogen-bond donors (Lipinski definition) is 1. The highest BCUT2D eigenvalue weighted by Gasteiger charge is 2.48. The second-order valence-electron chi connectivity index (χ2n) is 4.62. The summed E-state index contributed by atoms with van der Waals surface area (Å²) in [7, 11) is 0. The van der Waals surface area contributed by atoms with Crippen molar-refractivity contribution >= 4 is 28.8 Å². The first-order valence-electron chi connectivity index (χ1n) is 5.97. The third-order valence-electron chi connectivity index (χ3n) is 3.73. The molecule has 2 aliphatic rings. The maximum atomic E-state index is 12.1. The molecule has 96 valence electrons. The average Bonchev–Trinajstić information content (AvgIpc) is 3.03. The van der Waals surface area contributed by atoms with Crippen LogP contribution in [0.5, 0.6) is 0 Å². The largest absolute Gasteiger partial charge is 0.387 e. The van der Waals surface area contributed by atoms with Crippen molar-refractivity contribution in [1.29, 1.82) is 0 Å². The predicted octanol–water partition coefficient (Wildman–Crippen LogP) is 0.447. The van der Waals surface area contributed by atoms with Crippen LogP contribution >= 0.6 is 11.3 Å². The molecule has 3 heterocycles. The van der Waals surface area contributed by atoms with Crippen LogP contribution in [0.15, 0.2) is 16.8 Å². The van der Waals surface area contributed by atoms with Gasteiger partial charge in [0.1, 0.15) is 6.61 Å². The summed E-state index contributed by atoms with van der Waals surface area (Å²) in [5.74, 6) is -0.207. The summed E-state index contributed by atoms with van der Waals surface area (Å²) in [5.41, 5.74) is 0.927. The number of amides is 2. The number of aliphatic hydroxyl groups is 1. The summed E-state index contributed by atoms with van der Waals surface area (Å²) >= 11 is 1.56. The van der Waals surface area contributed by atoms with Gasteiger partial charge in [0.25, 0.3) is 0 Å². The Morgan fingerprint density at radius 1 is 1.50 bits per heavy atom. The van der Waals surface area contributed by atoms with Crippen LogP contribution in [-0.2, 0) is 9.59 Å². The van der Waals surface area contributed by atoms with Crippen LogP contribution in [0.4, 0.5) is 5.69 Å². The van der Waals surface area contributed by atoms with Crippen LogP contribution in [0.3, 0.4) is 0 Å². The molecule has 1 N–H and O–H groups in total. The van der Waals surface area contributed by atoms with Crippen molar-refractivity contribution in [2.24, 2.45) is 0 Å². The maximum Gasteiger partial charge on any atom is 0.248 e. The first kappa shape index (κ1) is 11.7. The lowest BCUT2D eigenvalue weighted by molar-refractivity contribution is -0.135. The Hall–Kier alpha value is -1.40. The zero-order valence-electron chi connectivity index (χ0n) is 9.78. The molecule has 0 aromatic carbocycles. The lowest BCUT2D eigenvalue weighted by Crippen LogP contribution is -2.41. The molecule has 2 atom stereocenters. The van der Waals surface area contributed by atoms with E-state index in [2.05, 4.69) is 0 Å². The SMILES string of the molecule is O=C(CO)N1CC[C@H]2[C@H]1CC(=O)N2c1ccsc1. The minimum absolute atomic E-state index is 0.0684. The van der Waals surface area contributed by atoms with Gasteiger partial charge in [-0.3, -0.25) is 9.59 Å². The van der Waals surface area contributed by atoms with Crippen molar-refractivity contribution in [3.8, 4) is 0 Å². The Morgan fingerprint density at radius 2 is 2.33 bits per heavy atom. The molecule has 0 radical (unpaired) electrons. The number of thiophene rings is 1. The van der Waals surface area contributed by atoms with Crippen molar-refractivity contribution in [3.05, 3.63) is 16.8 Å². The van der Waals surface area contributed by atoms with E-state index < -0.39 is 6.61 Å². The first-order valence-corrected chi connectivity index (χ1v) is 6.91. The van der Waals surface area contributed by atoms with E-state index in [9.17, 15) is 9.59 Å². The molecule has 5 nitrogen and oxygen atoms in total. The summed E-state index contributed by atoms with van der Waals surface area (Å²) in [6.45, 7) is 0.151. The summed E-state index contributed by atoms with van der Waals surface area (Å²) in [6.07, 6.45) is 1.16. The molecule has 3 rings (SSSR count). The minimum atomic E-state index is -0.476. The minimum Gasteiger partial charge on any atom is -0.387 e. The number of rotatable bonds is 2. The maximum absolute atomic E-state index is 12.1. The van der Waals surface area contributed by atoms with E-state index >= 15 is 0 Å². The molecule has 1 aromatic rings. The van der Waals surface area contributed by atoms with E-state index in [1.165, 1.54) is 0 Å². The van der Waals surface area contributed by atoms with E-state index in [4.69, 9.17) is 5.11 Å². The number of anilines is 1. The van der Waals surface area contributed by atoms with E-state index in [1.54, 1.807) is 16.2 Å². The number of nitrogens with zero attached hydrogens (tertiary/aromatic N) is 2. The van der Waals surface area contributed by atoms with Crippen molar-refractivity contribution in [2.75, 3.05) is 18.1 Å². The first-order chi connectivity index (χ1) is 8.72. The topological polar surface area (TPSA) is 60.9 Å². The summed E-state index contributed by atoms with van der Waals surface area (Å²) in [4.78, 5) is 27.1. The van der Waals surface area contributed by atoms with Crippen molar-refractivity contribution in [2.45, 2.75) is 24.9 Å². The normalized spacial score (nSPS) is 26.8. The Morgan fingerprint density at radius 3 is 3.00 bits per heavy atom. The molecule has 0 unspecified atom stereocenters. The van der Waals surface area contributed by atoms with Crippen LogP contribution in [-0.4, -0.2) is 47.1 Å². The number of fused-ring (bicyclic) bond motifs is 1. The van der Waals surface area contributed by atoms with Gasteiger partial charge in [0.05, 0.1) is 17.8 Å². The molecule has 0 bridgehead atoms. The second-order valence-corrected chi connectivity index (χ2v) is 5.40. The van der Waals surface area contributed by atoms with E-state index in [1.807, 2.05) is 21.7 Å². The number of carbonyl (C=O) groups excluding carboxylic acids is 2. The van der Waals surface area contributed by atoms with Gasteiger partial charge in [-0.1, -0.05) is 0 Å². The Bertz CT molecular complexity index is 474. The van der Waals surface area contributed by atoms with Gasteiger partial charge in [-0.15, -0.1) is 0 Å². The quantitative estimate of drug-likeness (QED) is 0.845. The monoisotopic (exact) mass is 266 g/mol. The molecule has 6 heteroatoms.